The van der Waals surface area contributed by atoms with Crippen LogP contribution in [0, 0.1) is 0 Å². The van der Waals surface area contributed by atoms with E-state index in [1.807, 2.05) is 24.3 Å². The number of hydrogen-bond acceptors (Lipinski definition) is 1. The van der Waals surface area contributed by atoms with Gasteiger partial charge in [0.2, 0.25) is 0 Å². The van der Waals surface area contributed by atoms with Crippen LogP contribution in [0.3, 0.4) is 0 Å². The van der Waals surface area contributed by atoms with Crippen molar-refractivity contribution in [1.29, 1.82) is 0 Å². The molecule has 1 amide bonds. The SMILES string of the molecule is CCCCc1ccc(-c2ccc(C(=O)N(C)C)cc2)cc1. The van der Waals surface area contributed by atoms with Crippen LogP contribution >= 0.6 is 0 Å². The molecule has 2 rings (SSSR count). The van der Waals surface area contributed by atoms with E-state index in [2.05, 4.69) is 31.2 Å². The summed E-state index contributed by atoms with van der Waals surface area (Å²) < 4.78 is 0. The second-order valence-corrected chi connectivity index (χ2v) is 5.58. The minimum absolute atomic E-state index is 0.0384. The van der Waals surface area contributed by atoms with E-state index in [0.717, 1.165) is 17.5 Å². The molecule has 0 saturated carbocycles. The molecule has 0 aromatic heterocycles. The van der Waals surface area contributed by atoms with E-state index in [1.165, 1.54) is 24.0 Å². The molecule has 0 radical (unpaired) electrons. The predicted molar refractivity (Wildman–Crippen MR) is 88.5 cm³/mol. The highest BCUT2D eigenvalue weighted by Gasteiger charge is 2.07. The molecule has 0 saturated heterocycles. The first-order chi connectivity index (χ1) is 10.1. The van der Waals surface area contributed by atoms with Crippen LogP contribution in [-0.4, -0.2) is 24.9 Å². The molecule has 0 aliphatic rings. The van der Waals surface area contributed by atoms with Crippen molar-refractivity contribution < 1.29 is 4.79 Å². The lowest BCUT2D eigenvalue weighted by molar-refractivity contribution is 0.0827. The first-order valence-electron chi connectivity index (χ1n) is 7.53. The average Bonchev–Trinajstić information content (AvgIpc) is 2.53. The van der Waals surface area contributed by atoms with Gasteiger partial charge in [-0.25, -0.2) is 0 Å². The first kappa shape index (κ1) is 15.3. The zero-order chi connectivity index (χ0) is 15.2. The molecule has 0 fully saturated rings. The maximum atomic E-state index is 11.9. The number of unbranched alkanes of at least 4 members (excludes halogenated alkanes) is 1. The molecule has 0 unspecified atom stereocenters. The van der Waals surface area contributed by atoms with E-state index in [1.54, 1.807) is 19.0 Å². The standard InChI is InChI=1S/C19H23NO/c1-4-5-6-15-7-9-16(10-8-15)17-11-13-18(14-12-17)19(21)20(2)3/h7-14H,4-6H2,1-3H3. The molecule has 0 N–H and O–H groups in total. The third-order valence-corrected chi connectivity index (χ3v) is 3.64. The Morgan fingerprint density at radius 1 is 0.905 bits per heavy atom. The zero-order valence-electron chi connectivity index (χ0n) is 13.1. The van der Waals surface area contributed by atoms with Gasteiger partial charge in [-0.3, -0.25) is 4.79 Å². The zero-order valence-corrected chi connectivity index (χ0v) is 13.1. The molecule has 0 spiro atoms. The van der Waals surface area contributed by atoms with Gasteiger partial charge in [-0.15, -0.1) is 0 Å². The summed E-state index contributed by atoms with van der Waals surface area (Å²) in [5, 5.41) is 0. The number of carbonyl (C=O) groups is 1. The fourth-order valence-corrected chi connectivity index (χ4v) is 2.31. The number of amides is 1. The fraction of sp³-hybridized carbons (Fsp3) is 0.316. The number of nitrogens with zero attached hydrogens (tertiary/aromatic N) is 1. The van der Waals surface area contributed by atoms with E-state index >= 15 is 0 Å². The van der Waals surface area contributed by atoms with Gasteiger partial charge in [-0.1, -0.05) is 49.7 Å². The number of carbonyl (C=O) groups excluding carboxylic acids is 1. The Morgan fingerprint density at radius 3 is 1.90 bits per heavy atom. The minimum Gasteiger partial charge on any atom is -0.345 e. The molecule has 0 aliphatic carbocycles. The molecule has 2 aromatic rings. The van der Waals surface area contributed by atoms with Crippen LogP contribution in [0.15, 0.2) is 48.5 Å². The topological polar surface area (TPSA) is 20.3 Å². The maximum absolute atomic E-state index is 11.9. The number of aryl methyl sites for hydroxylation is 1. The Balaban J connectivity index is 2.13. The summed E-state index contributed by atoms with van der Waals surface area (Å²) in [4.78, 5) is 13.5. The molecule has 0 atom stereocenters. The Hall–Kier alpha value is -2.09. The Labute approximate surface area is 127 Å². The van der Waals surface area contributed by atoms with Gasteiger partial charge in [0.15, 0.2) is 0 Å². The van der Waals surface area contributed by atoms with Crippen LogP contribution in [0.5, 0.6) is 0 Å². The molecule has 0 heterocycles. The lowest BCUT2D eigenvalue weighted by atomic mass is 10.0. The van der Waals surface area contributed by atoms with Gasteiger partial charge in [0.1, 0.15) is 0 Å². The number of hydrogen-bond donors (Lipinski definition) is 0. The van der Waals surface area contributed by atoms with Crippen molar-refractivity contribution in [2.45, 2.75) is 26.2 Å². The maximum Gasteiger partial charge on any atom is 0.253 e. The molecule has 110 valence electrons. The molecule has 2 aromatic carbocycles. The van der Waals surface area contributed by atoms with Gasteiger partial charge in [-0.2, -0.15) is 0 Å². The Morgan fingerprint density at radius 2 is 1.43 bits per heavy atom. The summed E-state index contributed by atoms with van der Waals surface area (Å²) in [6, 6.07) is 16.5. The predicted octanol–water partition coefficient (Wildman–Crippen LogP) is 4.40. The Kier molecular flexibility index (Phi) is 5.15. The quantitative estimate of drug-likeness (QED) is 0.795. The molecular weight excluding hydrogens is 258 g/mol. The monoisotopic (exact) mass is 281 g/mol. The normalized spacial score (nSPS) is 10.4. The second-order valence-electron chi connectivity index (χ2n) is 5.58. The van der Waals surface area contributed by atoms with E-state index in [4.69, 9.17) is 0 Å². The van der Waals surface area contributed by atoms with Gasteiger partial charge in [0, 0.05) is 19.7 Å². The first-order valence-corrected chi connectivity index (χ1v) is 7.53. The van der Waals surface area contributed by atoms with E-state index in [9.17, 15) is 4.79 Å². The lowest BCUT2D eigenvalue weighted by Crippen LogP contribution is -2.21. The molecular formula is C19H23NO. The highest BCUT2D eigenvalue weighted by molar-refractivity contribution is 5.94. The van der Waals surface area contributed by atoms with Crippen molar-refractivity contribution >= 4 is 5.91 Å². The van der Waals surface area contributed by atoms with Crippen molar-refractivity contribution in [3.8, 4) is 11.1 Å². The van der Waals surface area contributed by atoms with E-state index in [-0.39, 0.29) is 5.91 Å². The van der Waals surface area contributed by atoms with Gasteiger partial charge in [-0.05, 0) is 41.7 Å². The summed E-state index contributed by atoms with van der Waals surface area (Å²) in [5.41, 5.74) is 4.45. The van der Waals surface area contributed by atoms with Gasteiger partial charge in [0.05, 0.1) is 0 Å². The molecule has 2 heteroatoms. The van der Waals surface area contributed by atoms with E-state index < -0.39 is 0 Å². The number of rotatable bonds is 5. The van der Waals surface area contributed by atoms with Gasteiger partial charge >= 0.3 is 0 Å². The van der Waals surface area contributed by atoms with Crippen LogP contribution in [0.25, 0.3) is 11.1 Å². The van der Waals surface area contributed by atoms with Crippen LogP contribution < -0.4 is 0 Å². The van der Waals surface area contributed by atoms with Crippen LogP contribution in [0.1, 0.15) is 35.7 Å². The number of benzene rings is 2. The molecule has 0 bridgehead atoms. The van der Waals surface area contributed by atoms with Crippen LogP contribution in [0.4, 0.5) is 0 Å². The van der Waals surface area contributed by atoms with Crippen molar-refractivity contribution in [3.63, 3.8) is 0 Å². The largest absolute Gasteiger partial charge is 0.345 e. The fourth-order valence-electron chi connectivity index (χ4n) is 2.31. The smallest absolute Gasteiger partial charge is 0.253 e. The van der Waals surface area contributed by atoms with E-state index in [0.29, 0.717) is 0 Å². The van der Waals surface area contributed by atoms with Crippen LogP contribution in [0.2, 0.25) is 0 Å². The molecule has 0 aliphatic heterocycles. The van der Waals surface area contributed by atoms with Crippen molar-refractivity contribution in [2.75, 3.05) is 14.1 Å². The summed E-state index contributed by atoms with van der Waals surface area (Å²) in [6.45, 7) is 2.21. The average molecular weight is 281 g/mol. The summed E-state index contributed by atoms with van der Waals surface area (Å²) in [5.74, 6) is 0.0384. The van der Waals surface area contributed by atoms with Gasteiger partial charge in [0.25, 0.3) is 5.91 Å². The summed E-state index contributed by atoms with van der Waals surface area (Å²) in [7, 11) is 3.54. The van der Waals surface area contributed by atoms with Crippen molar-refractivity contribution in [2.24, 2.45) is 0 Å². The minimum atomic E-state index is 0.0384. The van der Waals surface area contributed by atoms with Crippen LogP contribution in [-0.2, 0) is 6.42 Å². The third-order valence-electron chi connectivity index (χ3n) is 3.64. The Bertz CT molecular complexity index is 582. The van der Waals surface area contributed by atoms with Gasteiger partial charge < -0.3 is 4.90 Å². The van der Waals surface area contributed by atoms with Crippen molar-refractivity contribution in [3.05, 3.63) is 59.7 Å². The summed E-state index contributed by atoms with van der Waals surface area (Å²) in [6.07, 6.45) is 3.61. The van der Waals surface area contributed by atoms with Crippen molar-refractivity contribution in [1.82, 2.24) is 4.90 Å². The highest BCUT2D eigenvalue weighted by atomic mass is 16.2. The highest BCUT2D eigenvalue weighted by Crippen LogP contribution is 2.21. The lowest BCUT2D eigenvalue weighted by Gasteiger charge is -2.10. The summed E-state index contributed by atoms with van der Waals surface area (Å²) >= 11 is 0. The third kappa shape index (κ3) is 3.94. The second kappa shape index (κ2) is 7.07. The molecule has 2 nitrogen and oxygen atoms in total. The molecule has 21 heavy (non-hydrogen) atoms.